The molecule has 134 valence electrons. The maximum absolute atomic E-state index is 11.8. The molecular formula is C15H19N5O5. The molecule has 0 aromatic carbocycles. The molecule has 10 nitrogen and oxygen atoms in total. The number of nitrogens with zero attached hydrogens (tertiary/aromatic N) is 4. The third-order valence-electron chi connectivity index (χ3n) is 4.77. The molecule has 1 aromatic heterocycles. The van der Waals surface area contributed by atoms with Gasteiger partial charge < -0.3 is 5.11 Å². The van der Waals surface area contributed by atoms with Gasteiger partial charge in [0.05, 0.1) is 12.1 Å². The van der Waals surface area contributed by atoms with Gasteiger partial charge in [0.15, 0.2) is 0 Å². The van der Waals surface area contributed by atoms with Gasteiger partial charge in [0.2, 0.25) is 0 Å². The number of nitrogens with one attached hydrogen (secondary N) is 1. The Hall–Kier alpha value is -2.75. The highest BCUT2D eigenvalue weighted by Gasteiger charge is 2.52. The van der Waals surface area contributed by atoms with Crippen molar-refractivity contribution in [3.8, 4) is 0 Å². The number of amides is 1. The van der Waals surface area contributed by atoms with Gasteiger partial charge in [-0.2, -0.15) is 0 Å². The van der Waals surface area contributed by atoms with Gasteiger partial charge in [-0.3, -0.25) is 30.0 Å². The Kier molecular flexibility index (Phi) is 4.29. The zero-order chi connectivity index (χ0) is 18.2. The number of carbonyl (C=O) groups excluding carboxylic acids is 1. The fourth-order valence-electron chi connectivity index (χ4n) is 3.14. The second-order valence-corrected chi connectivity index (χ2v) is 6.34. The maximum atomic E-state index is 11.8. The van der Waals surface area contributed by atoms with E-state index in [1.54, 1.807) is 18.2 Å². The summed E-state index contributed by atoms with van der Waals surface area (Å²) >= 11 is 0. The van der Waals surface area contributed by atoms with Crippen LogP contribution in [0.15, 0.2) is 24.4 Å². The zero-order valence-electron chi connectivity index (χ0n) is 13.7. The van der Waals surface area contributed by atoms with Gasteiger partial charge in [-0.25, -0.2) is 9.78 Å². The number of rotatable bonds is 5. The number of aromatic nitrogens is 1. The number of Topliss-reactive ketones (excluding diaryl/α,β-unsaturated/α-hetero) is 1. The van der Waals surface area contributed by atoms with Crippen LogP contribution in [0.25, 0.3) is 0 Å². The van der Waals surface area contributed by atoms with E-state index < -0.39 is 28.9 Å². The summed E-state index contributed by atoms with van der Waals surface area (Å²) in [6.45, 7) is 1.18. The molecular weight excluding hydrogens is 330 g/mol. The minimum absolute atomic E-state index is 0.0317. The SMILES string of the molecule is CC(=O)C1(NC2CN(c3ccccn3)C([N+](=O)[O-])CN2C(=O)O)CC1. The van der Waals surface area contributed by atoms with Crippen LogP contribution in [-0.2, 0) is 4.79 Å². The fourth-order valence-corrected chi connectivity index (χ4v) is 3.14. The number of anilines is 1. The van der Waals surface area contributed by atoms with E-state index in [-0.39, 0.29) is 18.9 Å². The van der Waals surface area contributed by atoms with Crippen LogP contribution in [0.4, 0.5) is 10.6 Å². The fraction of sp³-hybridized carbons (Fsp3) is 0.533. The normalized spacial score (nSPS) is 24.7. The Balaban J connectivity index is 1.89. The van der Waals surface area contributed by atoms with Crippen molar-refractivity contribution < 1.29 is 19.6 Å². The van der Waals surface area contributed by atoms with E-state index in [2.05, 4.69) is 10.3 Å². The first-order valence-electron chi connectivity index (χ1n) is 7.93. The molecule has 0 radical (unpaired) electrons. The largest absolute Gasteiger partial charge is 0.465 e. The van der Waals surface area contributed by atoms with Crippen molar-refractivity contribution in [3.63, 3.8) is 0 Å². The van der Waals surface area contributed by atoms with Crippen LogP contribution in [-0.4, -0.2) is 62.8 Å². The zero-order valence-corrected chi connectivity index (χ0v) is 13.7. The van der Waals surface area contributed by atoms with Crippen molar-refractivity contribution in [2.75, 3.05) is 18.0 Å². The highest BCUT2D eigenvalue weighted by Crippen LogP contribution is 2.37. The van der Waals surface area contributed by atoms with Crippen molar-refractivity contribution >= 4 is 17.7 Å². The lowest BCUT2D eigenvalue weighted by atomic mass is 10.1. The highest BCUT2D eigenvalue weighted by atomic mass is 16.6. The number of nitro groups is 1. The molecule has 2 unspecified atom stereocenters. The number of hydrogen-bond acceptors (Lipinski definition) is 7. The van der Waals surface area contributed by atoms with Crippen molar-refractivity contribution in [1.82, 2.24) is 15.2 Å². The third-order valence-corrected chi connectivity index (χ3v) is 4.77. The summed E-state index contributed by atoms with van der Waals surface area (Å²) in [5, 5.41) is 24.0. The van der Waals surface area contributed by atoms with Crippen LogP contribution >= 0.6 is 0 Å². The minimum Gasteiger partial charge on any atom is -0.465 e. The van der Waals surface area contributed by atoms with E-state index in [9.17, 15) is 24.8 Å². The molecule has 2 fully saturated rings. The van der Waals surface area contributed by atoms with Gasteiger partial charge >= 0.3 is 12.3 Å². The van der Waals surface area contributed by atoms with Crippen molar-refractivity contribution in [3.05, 3.63) is 34.5 Å². The molecule has 1 aromatic rings. The van der Waals surface area contributed by atoms with Gasteiger partial charge in [0.1, 0.15) is 24.3 Å². The van der Waals surface area contributed by atoms with Crippen molar-refractivity contribution in [2.24, 2.45) is 0 Å². The molecule has 2 N–H and O–H groups in total. The van der Waals surface area contributed by atoms with Gasteiger partial charge in [-0.15, -0.1) is 0 Å². The number of carboxylic acid groups (broad SMARTS) is 1. The summed E-state index contributed by atoms with van der Waals surface area (Å²) in [5.41, 5.74) is -0.727. The second-order valence-electron chi connectivity index (χ2n) is 6.34. The molecule has 0 bridgehead atoms. The Bertz CT molecular complexity index is 693. The molecule has 1 aliphatic heterocycles. The van der Waals surface area contributed by atoms with Crippen LogP contribution in [0.2, 0.25) is 0 Å². The number of carbonyl (C=O) groups is 2. The molecule has 1 saturated heterocycles. The summed E-state index contributed by atoms with van der Waals surface area (Å²) in [4.78, 5) is 41.0. The van der Waals surface area contributed by atoms with E-state index >= 15 is 0 Å². The highest BCUT2D eigenvalue weighted by molar-refractivity contribution is 5.89. The molecule has 25 heavy (non-hydrogen) atoms. The van der Waals surface area contributed by atoms with Crippen molar-refractivity contribution in [1.29, 1.82) is 0 Å². The van der Waals surface area contributed by atoms with Gasteiger partial charge in [-0.1, -0.05) is 6.07 Å². The Morgan fingerprint density at radius 1 is 1.40 bits per heavy atom. The van der Waals surface area contributed by atoms with Crippen molar-refractivity contribution in [2.45, 2.75) is 37.6 Å². The topological polar surface area (TPSA) is 129 Å². The number of pyridine rings is 1. The Morgan fingerprint density at radius 3 is 2.60 bits per heavy atom. The van der Waals surface area contributed by atoms with Gasteiger partial charge in [0, 0.05) is 11.1 Å². The lowest BCUT2D eigenvalue weighted by Gasteiger charge is -2.42. The van der Waals surface area contributed by atoms with Crippen LogP contribution in [0, 0.1) is 10.1 Å². The minimum atomic E-state index is -1.26. The Labute approximate surface area is 143 Å². The first kappa shape index (κ1) is 17.1. The lowest BCUT2D eigenvalue weighted by Crippen LogP contribution is -2.68. The summed E-state index contributed by atoms with van der Waals surface area (Å²) in [6, 6.07) is 5.05. The molecule has 0 spiro atoms. The van der Waals surface area contributed by atoms with Gasteiger partial charge in [0.25, 0.3) is 0 Å². The molecule has 1 saturated carbocycles. The first-order valence-corrected chi connectivity index (χ1v) is 7.93. The van der Waals surface area contributed by atoms with E-state index in [1.165, 1.54) is 18.0 Å². The summed E-state index contributed by atoms with van der Waals surface area (Å²) in [5.74, 6) is 0.340. The lowest BCUT2D eigenvalue weighted by molar-refractivity contribution is -0.524. The van der Waals surface area contributed by atoms with E-state index in [0.29, 0.717) is 18.7 Å². The molecule has 2 aliphatic rings. The van der Waals surface area contributed by atoms with E-state index in [0.717, 1.165) is 4.90 Å². The summed E-state index contributed by atoms with van der Waals surface area (Å²) < 4.78 is 0. The van der Waals surface area contributed by atoms with Crippen LogP contribution in [0.5, 0.6) is 0 Å². The number of hydrogen-bond donors (Lipinski definition) is 2. The number of ketones is 1. The molecule has 10 heteroatoms. The van der Waals surface area contributed by atoms with Crippen LogP contribution in [0.3, 0.4) is 0 Å². The molecule has 3 rings (SSSR count). The molecule has 1 aliphatic carbocycles. The molecule has 2 atom stereocenters. The first-order chi connectivity index (χ1) is 11.8. The quantitative estimate of drug-likeness (QED) is 0.581. The Morgan fingerprint density at radius 2 is 2.12 bits per heavy atom. The van der Waals surface area contributed by atoms with Gasteiger partial charge in [-0.05, 0) is 31.9 Å². The third kappa shape index (κ3) is 3.25. The number of piperazine rings is 1. The van der Waals surface area contributed by atoms with Crippen LogP contribution < -0.4 is 10.2 Å². The summed E-state index contributed by atoms with van der Waals surface area (Å²) in [7, 11) is 0. The van der Waals surface area contributed by atoms with Crippen LogP contribution in [0.1, 0.15) is 19.8 Å². The standard InChI is InChI=1S/C15H19N5O5/c1-10(21)15(5-6-15)17-12-8-18(11-4-2-3-7-16-11)13(20(24)25)9-19(12)14(22)23/h2-4,7,12-13,17H,5-6,8-9H2,1H3,(H,22,23). The smallest absolute Gasteiger partial charge is 0.408 e. The summed E-state index contributed by atoms with van der Waals surface area (Å²) in [6.07, 6.45) is -0.442. The molecule has 1 amide bonds. The molecule has 2 heterocycles. The monoisotopic (exact) mass is 349 g/mol. The average Bonchev–Trinajstić information content (AvgIpc) is 3.36. The van der Waals surface area contributed by atoms with E-state index in [1.807, 2.05) is 0 Å². The predicted molar refractivity (Wildman–Crippen MR) is 86.7 cm³/mol. The second kappa shape index (κ2) is 6.28. The average molecular weight is 349 g/mol. The predicted octanol–water partition coefficient (Wildman–Crippen LogP) is 0.522. The maximum Gasteiger partial charge on any atom is 0.408 e. The van der Waals surface area contributed by atoms with E-state index in [4.69, 9.17) is 0 Å².